The van der Waals surface area contributed by atoms with Gasteiger partial charge in [0.2, 0.25) is 0 Å². The molecule has 1 unspecified atom stereocenters. The number of rotatable bonds is 5. The number of benzene rings is 1. The first kappa shape index (κ1) is 13.9. The Balaban J connectivity index is 2.04. The maximum atomic E-state index is 5.72. The maximum absolute atomic E-state index is 5.72. The average molecular weight is 282 g/mol. The molecule has 1 aromatic heterocycles. The van der Waals surface area contributed by atoms with E-state index < -0.39 is 0 Å². The van der Waals surface area contributed by atoms with Crippen LogP contribution in [0, 0.1) is 6.42 Å². The highest BCUT2D eigenvalue weighted by Gasteiger charge is 2.41. The fraction of sp³-hybridized carbons (Fsp3) is 0.333. The van der Waals surface area contributed by atoms with Crippen LogP contribution in [0.1, 0.15) is 30.9 Å². The van der Waals surface area contributed by atoms with Gasteiger partial charge < -0.3 is 9.47 Å². The SMILES string of the molecule is CCOc1cc(C2(c3ccncc3)[CH]CC2)ccc1OC. The fourth-order valence-electron chi connectivity index (χ4n) is 3.00. The number of ether oxygens (including phenoxy) is 2. The summed E-state index contributed by atoms with van der Waals surface area (Å²) in [6.45, 7) is 2.62. The van der Waals surface area contributed by atoms with E-state index in [4.69, 9.17) is 9.47 Å². The molecule has 0 bridgehead atoms. The lowest BCUT2D eigenvalue weighted by Crippen LogP contribution is -2.36. The molecule has 1 saturated carbocycles. The first-order chi connectivity index (χ1) is 10.3. The van der Waals surface area contributed by atoms with Crippen molar-refractivity contribution in [3.8, 4) is 11.5 Å². The summed E-state index contributed by atoms with van der Waals surface area (Å²) < 4.78 is 11.1. The largest absolute Gasteiger partial charge is 0.493 e. The van der Waals surface area contributed by atoms with Crippen molar-refractivity contribution in [2.24, 2.45) is 0 Å². The molecule has 1 aliphatic rings. The van der Waals surface area contributed by atoms with Crippen molar-refractivity contribution in [1.29, 1.82) is 0 Å². The monoisotopic (exact) mass is 282 g/mol. The van der Waals surface area contributed by atoms with Gasteiger partial charge in [-0.3, -0.25) is 4.98 Å². The molecule has 0 saturated heterocycles. The van der Waals surface area contributed by atoms with Gasteiger partial charge in [0.25, 0.3) is 0 Å². The molecule has 0 amide bonds. The molecule has 3 nitrogen and oxygen atoms in total. The van der Waals surface area contributed by atoms with Gasteiger partial charge in [0.05, 0.1) is 13.7 Å². The normalized spacial score (nSPS) is 16.1. The van der Waals surface area contributed by atoms with E-state index in [0.717, 1.165) is 24.3 Å². The van der Waals surface area contributed by atoms with E-state index >= 15 is 0 Å². The second kappa shape index (κ2) is 5.76. The van der Waals surface area contributed by atoms with Gasteiger partial charge >= 0.3 is 0 Å². The third-order valence-corrected chi connectivity index (χ3v) is 4.21. The van der Waals surface area contributed by atoms with Gasteiger partial charge in [-0.25, -0.2) is 0 Å². The molecule has 2 aromatic rings. The smallest absolute Gasteiger partial charge is 0.161 e. The van der Waals surface area contributed by atoms with Gasteiger partial charge in [-0.05, 0) is 61.6 Å². The first-order valence-corrected chi connectivity index (χ1v) is 7.36. The summed E-state index contributed by atoms with van der Waals surface area (Å²) in [6, 6.07) is 10.4. The number of aromatic nitrogens is 1. The highest BCUT2D eigenvalue weighted by atomic mass is 16.5. The molecule has 1 radical (unpaired) electrons. The summed E-state index contributed by atoms with van der Waals surface area (Å²) in [5.74, 6) is 1.59. The minimum absolute atomic E-state index is 0.0128. The van der Waals surface area contributed by atoms with Crippen LogP contribution >= 0.6 is 0 Å². The van der Waals surface area contributed by atoms with Gasteiger partial charge in [0.15, 0.2) is 11.5 Å². The highest BCUT2D eigenvalue weighted by Crippen LogP contribution is 2.49. The van der Waals surface area contributed by atoms with E-state index in [1.165, 1.54) is 11.1 Å². The Labute approximate surface area is 125 Å². The Morgan fingerprint density at radius 1 is 1.10 bits per heavy atom. The van der Waals surface area contributed by atoms with E-state index in [2.05, 4.69) is 35.7 Å². The molecule has 1 aliphatic carbocycles. The van der Waals surface area contributed by atoms with Crippen molar-refractivity contribution in [2.75, 3.05) is 13.7 Å². The van der Waals surface area contributed by atoms with Gasteiger partial charge in [0.1, 0.15) is 0 Å². The summed E-state index contributed by atoms with van der Waals surface area (Å²) in [5, 5.41) is 0. The lowest BCUT2D eigenvalue weighted by molar-refractivity contribution is 0.309. The highest BCUT2D eigenvalue weighted by molar-refractivity contribution is 5.52. The van der Waals surface area contributed by atoms with Gasteiger partial charge in [-0.2, -0.15) is 0 Å². The van der Waals surface area contributed by atoms with Crippen LogP contribution in [0.3, 0.4) is 0 Å². The molecule has 1 heterocycles. The zero-order chi connectivity index (χ0) is 14.7. The topological polar surface area (TPSA) is 31.4 Å². The summed E-state index contributed by atoms with van der Waals surface area (Å²) in [7, 11) is 1.67. The molecule has 3 heteroatoms. The van der Waals surface area contributed by atoms with Crippen molar-refractivity contribution in [1.82, 2.24) is 4.98 Å². The van der Waals surface area contributed by atoms with Crippen LogP contribution < -0.4 is 9.47 Å². The first-order valence-electron chi connectivity index (χ1n) is 7.36. The Morgan fingerprint density at radius 2 is 1.86 bits per heavy atom. The van der Waals surface area contributed by atoms with Crippen LogP contribution in [0.4, 0.5) is 0 Å². The standard InChI is InChI=1S/C18H20NO2/c1-3-21-17-13-15(5-6-16(17)20-2)18(9-4-10-18)14-7-11-19-12-8-14/h5-9,11-13H,3-4,10H2,1-2H3. The molecule has 3 rings (SSSR count). The molecule has 1 aromatic carbocycles. The minimum Gasteiger partial charge on any atom is -0.493 e. The van der Waals surface area contributed by atoms with Crippen LogP contribution in [-0.4, -0.2) is 18.7 Å². The van der Waals surface area contributed by atoms with E-state index in [-0.39, 0.29) is 5.41 Å². The second-order valence-electron chi connectivity index (χ2n) is 5.25. The van der Waals surface area contributed by atoms with Crippen molar-refractivity contribution >= 4 is 0 Å². The number of hydrogen-bond acceptors (Lipinski definition) is 3. The van der Waals surface area contributed by atoms with Crippen molar-refractivity contribution < 1.29 is 9.47 Å². The maximum Gasteiger partial charge on any atom is 0.161 e. The molecule has 1 fully saturated rings. The molecule has 0 spiro atoms. The van der Waals surface area contributed by atoms with Gasteiger partial charge in [-0.15, -0.1) is 0 Å². The quantitative estimate of drug-likeness (QED) is 0.836. The summed E-state index contributed by atoms with van der Waals surface area (Å²) >= 11 is 0. The molecule has 0 N–H and O–H groups in total. The van der Waals surface area contributed by atoms with Crippen LogP contribution in [-0.2, 0) is 5.41 Å². The van der Waals surface area contributed by atoms with Crippen LogP contribution in [0.15, 0.2) is 42.7 Å². The van der Waals surface area contributed by atoms with Gasteiger partial charge in [-0.1, -0.05) is 6.07 Å². The fourth-order valence-corrected chi connectivity index (χ4v) is 3.00. The Bertz CT molecular complexity index is 606. The van der Waals surface area contributed by atoms with Crippen LogP contribution in [0.2, 0.25) is 0 Å². The van der Waals surface area contributed by atoms with Crippen LogP contribution in [0.25, 0.3) is 0 Å². The predicted molar refractivity (Wildman–Crippen MR) is 82.7 cm³/mol. The predicted octanol–water partition coefficient (Wildman–Crippen LogP) is 3.77. The summed E-state index contributed by atoms with van der Waals surface area (Å²) in [5.41, 5.74) is 2.53. The second-order valence-corrected chi connectivity index (χ2v) is 5.25. The van der Waals surface area contributed by atoms with Crippen molar-refractivity contribution in [3.05, 3.63) is 60.3 Å². The third-order valence-electron chi connectivity index (χ3n) is 4.21. The number of nitrogens with zero attached hydrogens (tertiary/aromatic N) is 1. The lowest BCUT2D eigenvalue weighted by Gasteiger charge is -2.43. The lowest BCUT2D eigenvalue weighted by atomic mass is 9.61. The molecular weight excluding hydrogens is 262 g/mol. The zero-order valence-corrected chi connectivity index (χ0v) is 12.5. The zero-order valence-electron chi connectivity index (χ0n) is 12.5. The molecule has 0 aliphatic heterocycles. The third kappa shape index (κ3) is 2.37. The van der Waals surface area contributed by atoms with Crippen molar-refractivity contribution in [2.45, 2.75) is 25.2 Å². The Hall–Kier alpha value is -2.03. The van der Waals surface area contributed by atoms with E-state index in [1.807, 2.05) is 25.4 Å². The number of hydrogen-bond donors (Lipinski definition) is 0. The van der Waals surface area contributed by atoms with E-state index in [1.54, 1.807) is 7.11 Å². The number of methoxy groups -OCH3 is 1. The molecule has 109 valence electrons. The molecule has 21 heavy (non-hydrogen) atoms. The summed E-state index contributed by atoms with van der Waals surface area (Å²) in [4.78, 5) is 4.13. The number of pyridine rings is 1. The van der Waals surface area contributed by atoms with E-state index in [9.17, 15) is 0 Å². The molecule has 1 atom stereocenters. The minimum atomic E-state index is -0.0128. The Morgan fingerprint density at radius 3 is 2.43 bits per heavy atom. The van der Waals surface area contributed by atoms with E-state index in [0.29, 0.717) is 6.61 Å². The van der Waals surface area contributed by atoms with Gasteiger partial charge in [0, 0.05) is 17.8 Å². The summed E-state index contributed by atoms with van der Waals surface area (Å²) in [6.07, 6.45) is 8.35. The Kier molecular flexibility index (Phi) is 3.82. The molecular formula is C18H20NO2. The van der Waals surface area contributed by atoms with Crippen molar-refractivity contribution in [3.63, 3.8) is 0 Å². The average Bonchev–Trinajstić information content (AvgIpc) is 2.48. The van der Waals surface area contributed by atoms with Crippen LogP contribution in [0.5, 0.6) is 11.5 Å².